The lowest BCUT2D eigenvalue weighted by atomic mass is 10.1. The van der Waals surface area contributed by atoms with Gasteiger partial charge in [0.15, 0.2) is 0 Å². The SMILES string of the molecule is C[Si](C)(C)C(c1cc(C([Si](C)(C)C)[Si](C)(C)C)c([Si](Cl)C2c3ccccc3-c3ccccc32)c(C([Si](C)(C)C)[Si](C)(C)C)c1)[Si](C)(C)C. The van der Waals surface area contributed by atoms with Crippen LogP contribution in [0.25, 0.3) is 11.1 Å². The molecule has 0 saturated heterocycles. The van der Waals surface area contributed by atoms with Crippen molar-refractivity contribution in [1.29, 1.82) is 0 Å². The first kappa shape index (κ1) is 40.2. The number of fused-ring (bicyclic) bond motifs is 3. The van der Waals surface area contributed by atoms with Crippen molar-refractivity contribution in [2.24, 2.45) is 0 Å². The summed E-state index contributed by atoms with van der Waals surface area (Å²) in [6.45, 7) is 47.8. The normalized spacial score (nSPS) is 15.2. The second-order valence-corrected chi connectivity index (χ2v) is 58.1. The monoisotopic (exact) mass is 779 g/mol. The molecule has 0 nitrogen and oxygen atoms in total. The Labute approximate surface area is 309 Å². The lowest BCUT2D eigenvalue weighted by Gasteiger charge is -2.46. The van der Waals surface area contributed by atoms with Crippen LogP contribution in [0.15, 0.2) is 60.7 Å². The summed E-state index contributed by atoms with van der Waals surface area (Å²) in [5.41, 5.74) is 11.1. The molecule has 4 rings (SSSR count). The molecule has 0 spiro atoms. The summed E-state index contributed by atoms with van der Waals surface area (Å²) in [5.74, 6) is 0. The zero-order valence-electron chi connectivity index (χ0n) is 34.0. The fourth-order valence-corrected chi connectivity index (χ4v) is 53.4. The topological polar surface area (TPSA) is 0 Å². The van der Waals surface area contributed by atoms with E-state index in [0.717, 1.165) is 0 Å². The molecule has 0 aliphatic heterocycles. The zero-order chi connectivity index (χ0) is 36.6. The fourth-order valence-electron chi connectivity index (χ4n) is 10.9. The molecule has 0 bridgehead atoms. The smallest absolute Gasteiger partial charge is 0.162 e. The predicted molar refractivity (Wildman–Crippen MR) is 240 cm³/mol. The Hall–Kier alpha value is -0.532. The highest BCUT2D eigenvalue weighted by Gasteiger charge is 2.49. The number of hydrogen-bond donors (Lipinski definition) is 0. The lowest BCUT2D eigenvalue weighted by Crippen LogP contribution is -2.55. The summed E-state index contributed by atoms with van der Waals surface area (Å²) in [7, 11) is -11.3. The van der Waals surface area contributed by atoms with Crippen LogP contribution in [-0.2, 0) is 0 Å². The third-order valence-electron chi connectivity index (χ3n) is 10.7. The molecule has 0 atom stereocenters. The Morgan fingerprint density at radius 3 is 1.04 bits per heavy atom. The molecule has 0 fully saturated rings. The largest absolute Gasteiger partial charge is 0.212 e. The standard InChI is InChI=1S/C40H68ClSi7/c1-43(2,3)38(44(4,5)6)29-27-34(39(45(7,8)9)46(10,11)12)37(35(28-29)40(47(13,14)15)48(16,17)18)42(41)36-32-25-21-19-23-30(32)31-24-20-22-26-33(31)36/h19-28,36,38-40H,1-18H3. The molecule has 1 aliphatic rings. The van der Waals surface area contributed by atoms with Crippen LogP contribution >= 0.6 is 11.1 Å². The lowest BCUT2D eigenvalue weighted by molar-refractivity contribution is 1.09. The predicted octanol–water partition coefficient (Wildman–Crippen LogP) is 13.0. The van der Waals surface area contributed by atoms with Crippen LogP contribution in [0.1, 0.15) is 48.9 Å². The van der Waals surface area contributed by atoms with Gasteiger partial charge in [0.1, 0.15) is 0 Å². The van der Waals surface area contributed by atoms with E-state index >= 15 is 0 Å². The van der Waals surface area contributed by atoms with Gasteiger partial charge in [0.25, 0.3) is 0 Å². The molecular weight excluding hydrogens is 712 g/mol. The van der Waals surface area contributed by atoms with Gasteiger partial charge in [0.2, 0.25) is 8.11 Å². The maximum atomic E-state index is 8.46. The summed E-state index contributed by atoms with van der Waals surface area (Å²) < 4.78 is 0. The first-order valence-corrected chi connectivity index (χ1v) is 42.5. The highest BCUT2D eigenvalue weighted by atomic mass is 35.6. The van der Waals surface area contributed by atoms with E-state index in [4.69, 9.17) is 11.1 Å². The van der Waals surface area contributed by atoms with Gasteiger partial charge in [-0.05, 0) is 59.6 Å². The van der Waals surface area contributed by atoms with Crippen LogP contribution < -0.4 is 5.19 Å². The fraction of sp³-hybridized carbons (Fsp3) is 0.550. The van der Waals surface area contributed by atoms with Gasteiger partial charge < -0.3 is 0 Å². The van der Waals surface area contributed by atoms with Gasteiger partial charge >= 0.3 is 0 Å². The van der Waals surface area contributed by atoms with Crippen LogP contribution in [-0.4, -0.2) is 56.5 Å². The number of hydrogen-bond acceptors (Lipinski definition) is 0. The Morgan fingerprint density at radius 2 is 0.750 bits per heavy atom. The molecule has 1 radical (unpaired) electrons. The average molecular weight is 781 g/mol. The highest BCUT2D eigenvalue weighted by Crippen LogP contribution is 2.49. The van der Waals surface area contributed by atoms with Crippen LogP contribution in [0.5, 0.6) is 0 Å². The average Bonchev–Trinajstić information content (AvgIpc) is 3.17. The van der Waals surface area contributed by atoms with E-state index in [0.29, 0.717) is 15.5 Å². The first-order chi connectivity index (χ1) is 21.6. The summed E-state index contributed by atoms with van der Waals surface area (Å²) in [6.07, 6.45) is 0. The van der Waals surface area contributed by atoms with E-state index in [-0.39, 0.29) is 5.54 Å². The van der Waals surface area contributed by atoms with Crippen molar-refractivity contribution in [3.8, 4) is 11.1 Å². The Bertz CT molecular complexity index is 1480. The first-order valence-electron chi connectivity index (χ1n) is 18.5. The van der Waals surface area contributed by atoms with Crippen molar-refractivity contribution in [3.63, 3.8) is 0 Å². The summed E-state index contributed by atoms with van der Waals surface area (Å²) in [5, 5.41) is 3.66. The van der Waals surface area contributed by atoms with Crippen molar-refractivity contribution in [1.82, 2.24) is 0 Å². The molecule has 0 unspecified atom stereocenters. The molecule has 1 aliphatic carbocycles. The Kier molecular flexibility index (Phi) is 11.3. The Balaban J connectivity index is 2.28. The van der Waals surface area contributed by atoms with Crippen molar-refractivity contribution in [3.05, 3.63) is 88.5 Å². The molecule has 0 amide bonds. The highest BCUT2D eigenvalue weighted by molar-refractivity contribution is 7.16. The van der Waals surface area contributed by atoms with Crippen molar-refractivity contribution >= 4 is 72.8 Å². The summed E-state index contributed by atoms with van der Waals surface area (Å²) in [4.78, 5) is 0. The molecule has 8 heteroatoms. The second-order valence-electron chi connectivity index (χ2n) is 21.5. The number of benzene rings is 3. The van der Waals surface area contributed by atoms with Crippen LogP contribution in [0.3, 0.4) is 0 Å². The maximum absolute atomic E-state index is 8.46. The van der Waals surface area contributed by atoms with Crippen molar-refractivity contribution < 1.29 is 0 Å². The minimum atomic E-state index is -1.66. The van der Waals surface area contributed by atoms with Gasteiger partial charge in [0.05, 0.1) is 0 Å². The maximum Gasteiger partial charge on any atom is 0.212 e. The van der Waals surface area contributed by atoms with E-state index in [1.807, 2.05) is 0 Å². The van der Waals surface area contributed by atoms with Crippen molar-refractivity contribution in [2.75, 3.05) is 0 Å². The third kappa shape index (κ3) is 8.08. The van der Waals surface area contributed by atoms with Crippen LogP contribution in [0.4, 0.5) is 0 Å². The quantitative estimate of drug-likeness (QED) is 0.134. The molecule has 0 N–H and O–H groups in total. The molecule has 263 valence electrons. The van der Waals surface area contributed by atoms with Gasteiger partial charge in [-0.3, -0.25) is 0 Å². The summed E-state index contributed by atoms with van der Waals surface area (Å²) in [6, 6.07) is 24.1. The second kappa shape index (κ2) is 13.5. The van der Waals surface area contributed by atoms with E-state index in [2.05, 4.69) is 179 Å². The van der Waals surface area contributed by atoms with E-state index in [9.17, 15) is 0 Å². The molecule has 0 saturated carbocycles. The van der Waals surface area contributed by atoms with Crippen molar-refractivity contribution in [2.45, 2.75) is 139 Å². The van der Waals surface area contributed by atoms with E-state index < -0.39 is 56.5 Å². The van der Waals surface area contributed by atoms with Gasteiger partial charge in [-0.25, -0.2) is 0 Å². The molecule has 0 aromatic heterocycles. The van der Waals surface area contributed by atoms with E-state index in [1.165, 1.54) is 22.3 Å². The minimum absolute atomic E-state index is 0.255. The Morgan fingerprint density at radius 1 is 0.458 bits per heavy atom. The number of halogens is 1. The van der Waals surface area contributed by atoms with Gasteiger partial charge in [0, 0.05) is 54.0 Å². The molecule has 3 aromatic rings. The summed E-state index contributed by atoms with van der Waals surface area (Å²) >= 11 is 8.46. The van der Waals surface area contributed by atoms with E-state index in [1.54, 1.807) is 21.9 Å². The zero-order valence-corrected chi connectivity index (χ0v) is 41.7. The number of rotatable bonds is 11. The minimum Gasteiger partial charge on any atom is -0.162 e. The van der Waals surface area contributed by atoms with Gasteiger partial charge in [-0.15, -0.1) is 0 Å². The van der Waals surface area contributed by atoms with Gasteiger partial charge in [-0.2, -0.15) is 11.1 Å². The van der Waals surface area contributed by atoms with Crippen LogP contribution in [0, 0.1) is 0 Å². The third-order valence-corrected chi connectivity index (χ3v) is 42.0. The molecule has 0 heterocycles. The molecule has 3 aromatic carbocycles. The van der Waals surface area contributed by atoms with Gasteiger partial charge in [-0.1, -0.05) is 179 Å². The molecular formula is C40H68ClSi7. The molecule has 48 heavy (non-hydrogen) atoms. The van der Waals surface area contributed by atoms with Crippen LogP contribution in [0.2, 0.25) is 118 Å².